The van der Waals surface area contributed by atoms with Gasteiger partial charge in [-0.15, -0.1) is 0 Å². The molecule has 3 aliphatic rings. The normalized spacial score (nSPS) is 36.9. The summed E-state index contributed by atoms with van der Waals surface area (Å²) in [6.07, 6.45) is 21.3. The van der Waals surface area contributed by atoms with E-state index in [0.29, 0.717) is 17.8 Å². The van der Waals surface area contributed by atoms with Crippen molar-refractivity contribution in [2.75, 3.05) is 6.61 Å². The van der Waals surface area contributed by atoms with Gasteiger partial charge < -0.3 is 15.3 Å². The van der Waals surface area contributed by atoms with Gasteiger partial charge in [-0.2, -0.15) is 0 Å². The molecule has 0 aromatic rings. The van der Waals surface area contributed by atoms with E-state index >= 15 is 0 Å². The van der Waals surface area contributed by atoms with Crippen molar-refractivity contribution in [2.45, 2.75) is 96.7 Å². The summed E-state index contributed by atoms with van der Waals surface area (Å²) in [7, 11) is 0. The molecular formula is C27H42O3. The van der Waals surface area contributed by atoms with Crippen LogP contribution in [-0.4, -0.2) is 33.6 Å². The maximum atomic E-state index is 10.3. The van der Waals surface area contributed by atoms with Crippen LogP contribution in [0, 0.1) is 17.3 Å². The van der Waals surface area contributed by atoms with Crippen molar-refractivity contribution in [3.63, 3.8) is 0 Å². The first-order valence-corrected chi connectivity index (χ1v) is 12.0. The van der Waals surface area contributed by atoms with E-state index in [1.54, 1.807) is 11.6 Å². The summed E-state index contributed by atoms with van der Waals surface area (Å²) in [5.74, 6) is 1.42. The van der Waals surface area contributed by atoms with Gasteiger partial charge in [0.25, 0.3) is 0 Å². The molecule has 3 nitrogen and oxygen atoms in total. The lowest BCUT2D eigenvalue weighted by atomic mass is 9.63. The van der Waals surface area contributed by atoms with Gasteiger partial charge in [0.15, 0.2) is 0 Å². The standard InChI is InChI=1S/C27H42O3/c1-26(2,30)16-5-4-8-23-13-14-24-21(7-6-17-27(23,24)3)11-9-20-10-12-22(15-18-28)25(29)19-20/h4-5,9,11,15,23-25,28-30H,6-8,10,12-14,16-19H2,1-3H3/b5-4+,20-9-,21-11+,22-15+. The molecule has 0 radical (unpaired) electrons. The van der Waals surface area contributed by atoms with E-state index in [4.69, 9.17) is 5.11 Å². The molecule has 3 N–H and O–H groups in total. The number of hydrogen-bond donors (Lipinski definition) is 3. The Morgan fingerprint density at radius 1 is 1.07 bits per heavy atom. The summed E-state index contributed by atoms with van der Waals surface area (Å²) in [4.78, 5) is 0. The van der Waals surface area contributed by atoms with Gasteiger partial charge in [-0.05, 0) is 101 Å². The maximum absolute atomic E-state index is 10.3. The second kappa shape index (κ2) is 9.97. The molecule has 4 unspecified atom stereocenters. The minimum absolute atomic E-state index is 0.0177. The van der Waals surface area contributed by atoms with Crippen LogP contribution < -0.4 is 0 Å². The third kappa shape index (κ3) is 5.75. The van der Waals surface area contributed by atoms with E-state index in [9.17, 15) is 10.2 Å². The first-order valence-electron chi connectivity index (χ1n) is 12.0. The van der Waals surface area contributed by atoms with Crippen LogP contribution in [0.5, 0.6) is 0 Å². The SMILES string of the molecule is CC(C)(O)C/C=C/CC1CCC2/C(=C/C=C3/CC/C(=C\CO)C(O)C3)CCCC12C. The monoisotopic (exact) mass is 414 g/mol. The van der Waals surface area contributed by atoms with Gasteiger partial charge >= 0.3 is 0 Å². The summed E-state index contributed by atoms with van der Waals surface area (Å²) in [6, 6.07) is 0. The molecule has 0 aromatic carbocycles. The topological polar surface area (TPSA) is 60.7 Å². The van der Waals surface area contributed by atoms with Crippen LogP contribution in [-0.2, 0) is 0 Å². The number of rotatable bonds is 6. The summed E-state index contributed by atoms with van der Waals surface area (Å²) >= 11 is 0. The molecule has 0 aromatic heterocycles. The molecule has 30 heavy (non-hydrogen) atoms. The molecule has 0 saturated heterocycles. The van der Waals surface area contributed by atoms with E-state index in [2.05, 4.69) is 31.2 Å². The van der Waals surface area contributed by atoms with Crippen molar-refractivity contribution in [1.29, 1.82) is 0 Å². The molecule has 3 fully saturated rings. The third-order valence-corrected chi connectivity index (χ3v) is 7.87. The number of aliphatic hydroxyl groups is 3. The molecule has 3 rings (SSSR count). The molecule has 0 aliphatic heterocycles. The van der Waals surface area contributed by atoms with E-state index in [-0.39, 0.29) is 6.61 Å². The Balaban J connectivity index is 1.64. The van der Waals surface area contributed by atoms with E-state index in [1.807, 2.05) is 13.8 Å². The van der Waals surface area contributed by atoms with Crippen molar-refractivity contribution in [3.05, 3.63) is 47.1 Å². The van der Waals surface area contributed by atoms with Crippen molar-refractivity contribution < 1.29 is 15.3 Å². The fraction of sp³-hybridized carbons (Fsp3) is 0.704. The van der Waals surface area contributed by atoms with Gasteiger partial charge in [0.1, 0.15) is 0 Å². The lowest BCUT2D eigenvalue weighted by molar-refractivity contribution is 0.0837. The van der Waals surface area contributed by atoms with Gasteiger partial charge in [0.05, 0.1) is 18.3 Å². The second-order valence-corrected chi connectivity index (χ2v) is 10.7. The van der Waals surface area contributed by atoms with Crippen LogP contribution in [0.3, 0.4) is 0 Å². The summed E-state index contributed by atoms with van der Waals surface area (Å²) in [5, 5.41) is 29.3. The first-order chi connectivity index (χ1) is 14.2. The van der Waals surface area contributed by atoms with Crippen LogP contribution in [0.2, 0.25) is 0 Å². The van der Waals surface area contributed by atoms with Crippen molar-refractivity contribution >= 4 is 0 Å². The fourth-order valence-corrected chi connectivity index (χ4v) is 6.05. The highest BCUT2D eigenvalue weighted by atomic mass is 16.3. The van der Waals surface area contributed by atoms with E-state index in [0.717, 1.165) is 37.2 Å². The molecule has 3 aliphatic carbocycles. The quantitative estimate of drug-likeness (QED) is 0.494. The predicted molar refractivity (Wildman–Crippen MR) is 124 cm³/mol. The smallest absolute Gasteiger partial charge is 0.0788 e. The number of fused-ring (bicyclic) bond motifs is 1. The zero-order chi connectivity index (χ0) is 21.8. The van der Waals surface area contributed by atoms with E-state index < -0.39 is 11.7 Å². The Labute approximate surface area is 183 Å². The van der Waals surface area contributed by atoms with Crippen LogP contribution in [0.25, 0.3) is 0 Å². The Morgan fingerprint density at radius 3 is 2.57 bits per heavy atom. The van der Waals surface area contributed by atoms with E-state index in [1.165, 1.54) is 37.7 Å². The lowest BCUT2D eigenvalue weighted by Gasteiger charge is -2.42. The summed E-state index contributed by atoms with van der Waals surface area (Å²) < 4.78 is 0. The Morgan fingerprint density at radius 2 is 1.87 bits per heavy atom. The fourth-order valence-electron chi connectivity index (χ4n) is 6.05. The molecule has 0 heterocycles. The molecule has 3 saturated carbocycles. The zero-order valence-electron chi connectivity index (χ0n) is 19.2. The third-order valence-electron chi connectivity index (χ3n) is 7.87. The maximum Gasteiger partial charge on any atom is 0.0788 e. The lowest BCUT2D eigenvalue weighted by Crippen LogP contribution is -2.33. The molecule has 0 bridgehead atoms. The Bertz CT molecular complexity index is 706. The number of aliphatic hydroxyl groups excluding tert-OH is 2. The number of allylic oxidation sites excluding steroid dienone is 4. The Kier molecular flexibility index (Phi) is 7.81. The molecule has 168 valence electrons. The van der Waals surface area contributed by atoms with Gasteiger partial charge in [0, 0.05) is 0 Å². The second-order valence-electron chi connectivity index (χ2n) is 10.7. The van der Waals surface area contributed by atoms with Crippen LogP contribution >= 0.6 is 0 Å². The number of hydrogen-bond acceptors (Lipinski definition) is 3. The zero-order valence-corrected chi connectivity index (χ0v) is 19.2. The molecule has 4 atom stereocenters. The largest absolute Gasteiger partial charge is 0.392 e. The molecule has 0 amide bonds. The van der Waals surface area contributed by atoms with Gasteiger partial charge in [0.2, 0.25) is 0 Å². The average molecular weight is 415 g/mol. The highest BCUT2D eigenvalue weighted by molar-refractivity contribution is 5.28. The Hall–Kier alpha value is -1.16. The van der Waals surface area contributed by atoms with Crippen molar-refractivity contribution in [3.8, 4) is 0 Å². The first kappa shape index (κ1) is 23.5. The van der Waals surface area contributed by atoms with Gasteiger partial charge in [-0.1, -0.05) is 48.5 Å². The molecule has 0 spiro atoms. The summed E-state index contributed by atoms with van der Waals surface area (Å²) in [6.45, 7) is 6.26. The van der Waals surface area contributed by atoms with Crippen molar-refractivity contribution in [1.82, 2.24) is 0 Å². The minimum Gasteiger partial charge on any atom is -0.392 e. The molecule has 3 heteroatoms. The van der Waals surface area contributed by atoms with Crippen LogP contribution in [0.4, 0.5) is 0 Å². The highest BCUT2D eigenvalue weighted by Crippen LogP contribution is 2.58. The minimum atomic E-state index is -0.617. The van der Waals surface area contributed by atoms with Crippen molar-refractivity contribution in [2.24, 2.45) is 17.3 Å². The highest BCUT2D eigenvalue weighted by Gasteiger charge is 2.48. The predicted octanol–water partition coefficient (Wildman–Crippen LogP) is 5.63. The average Bonchev–Trinajstić information content (AvgIpc) is 3.01. The van der Waals surface area contributed by atoms with Crippen LogP contribution in [0.1, 0.15) is 85.0 Å². The van der Waals surface area contributed by atoms with Gasteiger partial charge in [-0.25, -0.2) is 0 Å². The van der Waals surface area contributed by atoms with Crippen LogP contribution in [0.15, 0.2) is 47.1 Å². The molecular weight excluding hydrogens is 372 g/mol. The van der Waals surface area contributed by atoms with Gasteiger partial charge in [-0.3, -0.25) is 0 Å². The summed E-state index contributed by atoms with van der Waals surface area (Å²) in [5.41, 5.74) is 3.72.